The highest BCUT2D eigenvalue weighted by Crippen LogP contribution is 2.10. The fourth-order valence-corrected chi connectivity index (χ4v) is 3.18. The van der Waals surface area contributed by atoms with Gasteiger partial charge in [0, 0.05) is 0 Å². The van der Waals surface area contributed by atoms with Gasteiger partial charge in [-0.05, 0) is 19.6 Å². The second-order valence-corrected chi connectivity index (χ2v) is 15.4. The van der Waals surface area contributed by atoms with Gasteiger partial charge in [0.25, 0.3) is 0 Å². The summed E-state index contributed by atoms with van der Waals surface area (Å²) in [6, 6.07) is 0. The van der Waals surface area contributed by atoms with Gasteiger partial charge in [-0.15, -0.1) is 0 Å². The van der Waals surface area contributed by atoms with Crippen molar-refractivity contribution in [3.63, 3.8) is 0 Å². The predicted molar refractivity (Wildman–Crippen MR) is 72.0 cm³/mol. The summed E-state index contributed by atoms with van der Waals surface area (Å²) >= 11 is 0. The maximum atomic E-state index is 11.7. The zero-order chi connectivity index (χ0) is 13.9. The average Bonchev–Trinajstić information content (AvgIpc) is 1.95. The first-order valence-electron chi connectivity index (χ1n) is 5.60. The lowest BCUT2D eigenvalue weighted by Crippen LogP contribution is -2.51. The Kier molecular flexibility index (Phi) is 5.56. The van der Waals surface area contributed by atoms with E-state index in [4.69, 9.17) is 9.53 Å². The summed E-state index contributed by atoms with van der Waals surface area (Å²) in [6.07, 6.45) is 0. The molecule has 0 bridgehead atoms. The fraction of sp³-hybridized carbons (Fsp3) is 0.800. The smallest absolute Gasteiger partial charge is 0.317 e. The number of hydrogen-bond donors (Lipinski definition) is 1. The molecule has 0 aliphatic heterocycles. The van der Waals surface area contributed by atoms with Crippen LogP contribution in [0.1, 0.15) is 0 Å². The predicted octanol–water partition coefficient (Wildman–Crippen LogP) is 1.59. The van der Waals surface area contributed by atoms with E-state index in [1.165, 1.54) is 0 Å². The Hall–Kier alpha value is -0.666. The van der Waals surface area contributed by atoms with Crippen molar-refractivity contribution >= 4 is 28.5 Å². The molecule has 0 aliphatic carbocycles. The van der Waals surface area contributed by atoms with Crippen LogP contribution >= 0.6 is 0 Å². The number of carboxylic acids is 1. The molecule has 7 heteroatoms. The standard InChI is InChI=1S/C10H23NO4Si2/c1-16(2,3)11(7-9(12)13)8-10(14)15-17(4,5)6/h7-8H2,1-6H3,(H,12,13). The number of aliphatic carboxylic acids is 1. The van der Waals surface area contributed by atoms with Gasteiger partial charge in [0.15, 0.2) is 0 Å². The normalized spacial score (nSPS) is 12.6. The Balaban J connectivity index is 4.55. The van der Waals surface area contributed by atoms with Gasteiger partial charge in [0.2, 0.25) is 8.32 Å². The van der Waals surface area contributed by atoms with Crippen molar-refractivity contribution in [1.82, 2.24) is 4.57 Å². The average molecular weight is 277 g/mol. The summed E-state index contributed by atoms with van der Waals surface area (Å²) in [5.41, 5.74) is 0. The van der Waals surface area contributed by atoms with Crippen LogP contribution in [0.2, 0.25) is 39.3 Å². The van der Waals surface area contributed by atoms with Crippen LogP contribution in [0.15, 0.2) is 0 Å². The third kappa shape index (κ3) is 8.11. The van der Waals surface area contributed by atoms with Crippen molar-refractivity contribution in [1.29, 1.82) is 0 Å². The molecule has 0 heterocycles. The molecule has 0 fully saturated rings. The molecule has 0 saturated heterocycles. The quantitative estimate of drug-likeness (QED) is 0.747. The number of carbonyl (C=O) groups is 2. The molecule has 1 N–H and O–H groups in total. The monoisotopic (exact) mass is 277 g/mol. The minimum Gasteiger partial charge on any atom is -0.519 e. The van der Waals surface area contributed by atoms with E-state index >= 15 is 0 Å². The Morgan fingerprint density at radius 2 is 1.53 bits per heavy atom. The van der Waals surface area contributed by atoms with Crippen molar-refractivity contribution in [2.75, 3.05) is 13.1 Å². The Morgan fingerprint density at radius 3 is 1.82 bits per heavy atom. The maximum absolute atomic E-state index is 11.7. The topological polar surface area (TPSA) is 66.8 Å². The zero-order valence-corrected chi connectivity index (χ0v) is 13.5. The van der Waals surface area contributed by atoms with Crippen LogP contribution in [0.3, 0.4) is 0 Å². The first-order valence-corrected chi connectivity index (χ1v) is 12.5. The molecule has 5 nitrogen and oxygen atoms in total. The molecule has 0 atom stereocenters. The third-order valence-electron chi connectivity index (χ3n) is 2.01. The highest BCUT2D eigenvalue weighted by molar-refractivity contribution is 6.74. The van der Waals surface area contributed by atoms with Crippen LogP contribution in [0, 0.1) is 0 Å². The Bertz CT molecular complexity index is 294. The van der Waals surface area contributed by atoms with Gasteiger partial charge < -0.3 is 14.1 Å². The van der Waals surface area contributed by atoms with Crippen LogP contribution in [0.4, 0.5) is 0 Å². The second kappa shape index (κ2) is 5.79. The molecule has 0 amide bonds. The first kappa shape index (κ1) is 16.3. The van der Waals surface area contributed by atoms with Crippen molar-refractivity contribution in [2.45, 2.75) is 39.3 Å². The molecular formula is C10H23NO4Si2. The van der Waals surface area contributed by atoms with Crippen LogP contribution < -0.4 is 0 Å². The number of hydrogen-bond acceptors (Lipinski definition) is 4. The SMILES string of the molecule is C[Si](C)(C)OC(=O)CN(CC(=O)O)[Si](C)(C)C. The molecule has 0 aromatic heterocycles. The molecule has 0 saturated carbocycles. The molecular weight excluding hydrogens is 254 g/mol. The largest absolute Gasteiger partial charge is 0.519 e. The van der Waals surface area contributed by atoms with E-state index < -0.39 is 22.5 Å². The molecule has 0 aromatic carbocycles. The van der Waals surface area contributed by atoms with Gasteiger partial charge in [-0.25, -0.2) is 0 Å². The lowest BCUT2D eigenvalue weighted by molar-refractivity contribution is -0.139. The zero-order valence-electron chi connectivity index (χ0n) is 11.5. The minimum absolute atomic E-state index is 0.0757. The first-order chi connectivity index (χ1) is 7.42. The Morgan fingerprint density at radius 1 is 1.06 bits per heavy atom. The van der Waals surface area contributed by atoms with Gasteiger partial charge in [-0.1, -0.05) is 19.6 Å². The van der Waals surface area contributed by atoms with Crippen molar-refractivity contribution in [3.8, 4) is 0 Å². The highest BCUT2D eigenvalue weighted by atomic mass is 28.4. The van der Waals surface area contributed by atoms with E-state index in [0.717, 1.165) is 0 Å². The fourth-order valence-electron chi connectivity index (χ4n) is 1.22. The number of rotatable bonds is 6. The highest BCUT2D eigenvalue weighted by Gasteiger charge is 2.29. The van der Waals surface area contributed by atoms with E-state index in [2.05, 4.69) is 0 Å². The minimum atomic E-state index is -1.89. The summed E-state index contributed by atoms with van der Waals surface area (Å²) in [4.78, 5) is 22.5. The van der Waals surface area contributed by atoms with Gasteiger partial charge in [0.1, 0.15) is 8.24 Å². The molecule has 0 unspecified atom stereocenters. The van der Waals surface area contributed by atoms with Gasteiger partial charge in [-0.3, -0.25) is 9.59 Å². The van der Waals surface area contributed by atoms with Crippen LogP contribution in [0.5, 0.6) is 0 Å². The summed E-state index contributed by atoms with van der Waals surface area (Å²) in [5.74, 6) is -1.22. The summed E-state index contributed by atoms with van der Waals surface area (Å²) in [7, 11) is -3.71. The molecule has 100 valence electrons. The van der Waals surface area contributed by atoms with Crippen molar-refractivity contribution in [2.24, 2.45) is 0 Å². The summed E-state index contributed by atoms with van der Waals surface area (Å²) < 4.78 is 7.07. The number of carbonyl (C=O) groups excluding carboxylic acids is 1. The molecule has 0 aliphatic rings. The van der Waals surface area contributed by atoms with E-state index in [1.807, 2.05) is 39.3 Å². The van der Waals surface area contributed by atoms with Crippen molar-refractivity contribution in [3.05, 3.63) is 0 Å². The molecule has 0 radical (unpaired) electrons. The van der Waals surface area contributed by atoms with Crippen LogP contribution in [-0.2, 0) is 14.0 Å². The van der Waals surface area contributed by atoms with Crippen LogP contribution in [-0.4, -0.2) is 51.3 Å². The van der Waals surface area contributed by atoms with E-state index in [1.54, 1.807) is 4.57 Å². The number of carboxylic acid groups (broad SMARTS) is 1. The maximum Gasteiger partial charge on any atom is 0.317 e. The lowest BCUT2D eigenvalue weighted by Gasteiger charge is -2.32. The summed E-state index contributed by atoms with van der Waals surface area (Å²) in [5, 5.41) is 8.83. The second-order valence-electron chi connectivity index (χ2n) is 6.01. The van der Waals surface area contributed by atoms with E-state index in [-0.39, 0.29) is 19.1 Å². The molecule has 0 spiro atoms. The Labute approximate surface area is 105 Å². The third-order valence-corrected chi connectivity index (χ3v) is 5.07. The summed E-state index contributed by atoms with van der Waals surface area (Å²) in [6.45, 7) is 11.8. The molecule has 17 heavy (non-hydrogen) atoms. The van der Waals surface area contributed by atoms with Gasteiger partial charge >= 0.3 is 11.9 Å². The lowest BCUT2D eigenvalue weighted by atomic mass is 10.6. The van der Waals surface area contributed by atoms with Crippen LogP contribution in [0.25, 0.3) is 0 Å². The van der Waals surface area contributed by atoms with Crippen molar-refractivity contribution < 1.29 is 19.1 Å². The van der Waals surface area contributed by atoms with Gasteiger partial charge in [0.05, 0.1) is 13.1 Å². The van der Waals surface area contributed by atoms with E-state index in [9.17, 15) is 9.59 Å². The van der Waals surface area contributed by atoms with Gasteiger partial charge in [-0.2, -0.15) is 0 Å². The number of nitrogens with zero attached hydrogens (tertiary/aromatic N) is 1. The van der Waals surface area contributed by atoms with E-state index in [0.29, 0.717) is 0 Å². The molecule has 0 aromatic rings. The molecule has 0 rings (SSSR count).